The summed E-state index contributed by atoms with van der Waals surface area (Å²) in [6.07, 6.45) is 2.91. The van der Waals surface area contributed by atoms with Gasteiger partial charge in [0.05, 0.1) is 5.82 Å². The molecule has 4 heteroatoms. The van der Waals surface area contributed by atoms with Crippen molar-refractivity contribution in [1.29, 1.82) is 0 Å². The summed E-state index contributed by atoms with van der Waals surface area (Å²) < 4.78 is 0. The molecule has 0 amide bonds. The second-order valence-electron chi connectivity index (χ2n) is 2.44. The van der Waals surface area contributed by atoms with Crippen molar-refractivity contribution >= 4 is 25.3 Å². The molecule has 1 aliphatic heterocycles. The van der Waals surface area contributed by atoms with Crippen LogP contribution in [-0.4, -0.2) is 36.5 Å². The van der Waals surface area contributed by atoms with E-state index in [0.29, 0.717) is 0 Å². The van der Waals surface area contributed by atoms with E-state index in [1.54, 1.807) is 6.26 Å². The molecule has 0 aromatic heterocycles. The van der Waals surface area contributed by atoms with Crippen molar-refractivity contribution in [2.24, 2.45) is 0 Å². The van der Waals surface area contributed by atoms with Crippen molar-refractivity contribution in [3.05, 3.63) is 12.4 Å². The molecule has 0 radical (unpaired) electrons. The fraction of sp³-hybridized carbons (Fsp3) is 0.750. The van der Waals surface area contributed by atoms with Gasteiger partial charge >= 0.3 is 0 Å². The Balaban J connectivity index is 0.000000561. The van der Waals surface area contributed by atoms with E-state index in [1.807, 2.05) is 0 Å². The first kappa shape index (κ1) is 12.0. The van der Waals surface area contributed by atoms with Gasteiger partial charge in [-0.2, -0.15) is 25.3 Å². The third-order valence-electron chi connectivity index (χ3n) is 1.69. The van der Waals surface area contributed by atoms with Crippen molar-refractivity contribution in [3.63, 3.8) is 0 Å². The van der Waals surface area contributed by atoms with Gasteiger partial charge in [-0.3, -0.25) is 0 Å². The highest BCUT2D eigenvalue weighted by Gasteiger charge is 2.09. The smallest absolute Gasteiger partial charge is 0.0939 e. The van der Waals surface area contributed by atoms with Gasteiger partial charge in [-0.25, -0.2) is 0 Å². The normalized spacial score (nSPS) is 16.2. The van der Waals surface area contributed by atoms with Gasteiger partial charge in [-0.1, -0.05) is 6.58 Å². The lowest BCUT2D eigenvalue weighted by molar-refractivity contribution is 0.298. The molecule has 0 saturated carbocycles. The number of hydrogen-bond donors (Lipinski definition) is 3. The molecule has 1 fully saturated rings. The molecule has 1 aliphatic rings. The molecular weight excluding hydrogens is 188 g/mol. The van der Waals surface area contributed by atoms with Crippen LogP contribution in [0.4, 0.5) is 0 Å². The van der Waals surface area contributed by atoms with E-state index in [2.05, 4.69) is 42.1 Å². The van der Waals surface area contributed by atoms with Gasteiger partial charge in [-0.05, 0) is 12.7 Å². The summed E-state index contributed by atoms with van der Waals surface area (Å²) in [5.74, 6) is 1.96. The summed E-state index contributed by atoms with van der Waals surface area (Å²) >= 11 is 7.69. The molecule has 0 unspecified atom stereocenters. The van der Waals surface area contributed by atoms with Gasteiger partial charge in [0.1, 0.15) is 0 Å². The standard InChI is InChI=1S/C7H14N2S.CH4S/c1-7-8-3-2-4-9(7)5-6-10;1-2/h8,10H,1-6H2;2H,1H3. The third-order valence-corrected chi connectivity index (χ3v) is 1.89. The van der Waals surface area contributed by atoms with Crippen LogP contribution in [-0.2, 0) is 0 Å². The van der Waals surface area contributed by atoms with Gasteiger partial charge in [0.15, 0.2) is 0 Å². The van der Waals surface area contributed by atoms with Crippen LogP contribution in [0.15, 0.2) is 12.4 Å². The zero-order valence-electron chi connectivity index (χ0n) is 7.58. The molecule has 0 aliphatic carbocycles. The monoisotopic (exact) mass is 206 g/mol. The lowest BCUT2D eigenvalue weighted by Gasteiger charge is -2.31. The molecule has 2 nitrogen and oxygen atoms in total. The fourth-order valence-electron chi connectivity index (χ4n) is 1.12. The van der Waals surface area contributed by atoms with Gasteiger partial charge < -0.3 is 10.2 Å². The first-order valence-electron chi connectivity index (χ1n) is 4.08. The van der Waals surface area contributed by atoms with E-state index in [-0.39, 0.29) is 0 Å². The van der Waals surface area contributed by atoms with E-state index in [4.69, 9.17) is 0 Å². The second kappa shape index (κ2) is 7.68. The van der Waals surface area contributed by atoms with Crippen molar-refractivity contribution in [1.82, 2.24) is 10.2 Å². The summed E-state index contributed by atoms with van der Waals surface area (Å²) in [6, 6.07) is 0. The molecule has 1 N–H and O–H groups in total. The predicted octanol–water partition coefficient (Wildman–Crippen LogP) is 1.23. The van der Waals surface area contributed by atoms with Crippen LogP contribution in [0.5, 0.6) is 0 Å². The van der Waals surface area contributed by atoms with E-state index in [1.165, 1.54) is 6.42 Å². The Hall–Kier alpha value is 0.0400. The van der Waals surface area contributed by atoms with Crippen molar-refractivity contribution in [2.45, 2.75) is 6.42 Å². The highest BCUT2D eigenvalue weighted by molar-refractivity contribution is 7.80. The first-order valence-corrected chi connectivity index (χ1v) is 5.60. The predicted molar refractivity (Wildman–Crippen MR) is 62.1 cm³/mol. The summed E-state index contributed by atoms with van der Waals surface area (Å²) in [7, 11) is 0. The minimum absolute atomic E-state index is 0.903. The molecule has 72 valence electrons. The fourth-order valence-corrected chi connectivity index (χ4v) is 1.36. The summed E-state index contributed by atoms with van der Waals surface area (Å²) in [4.78, 5) is 2.23. The van der Waals surface area contributed by atoms with Crippen molar-refractivity contribution in [3.8, 4) is 0 Å². The number of hydrogen-bond acceptors (Lipinski definition) is 4. The van der Waals surface area contributed by atoms with Crippen molar-refractivity contribution in [2.75, 3.05) is 31.6 Å². The second-order valence-corrected chi connectivity index (χ2v) is 2.88. The molecule has 0 atom stereocenters. The summed E-state index contributed by atoms with van der Waals surface area (Å²) in [5.41, 5.74) is 0. The molecule has 0 bridgehead atoms. The van der Waals surface area contributed by atoms with Gasteiger partial charge in [0, 0.05) is 25.4 Å². The quantitative estimate of drug-likeness (QED) is 0.589. The van der Waals surface area contributed by atoms with E-state index >= 15 is 0 Å². The van der Waals surface area contributed by atoms with Gasteiger partial charge in [-0.15, -0.1) is 0 Å². The third kappa shape index (κ3) is 4.16. The van der Waals surface area contributed by atoms with Crippen LogP contribution in [0.2, 0.25) is 0 Å². The van der Waals surface area contributed by atoms with Crippen LogP contribution < -0.4 is 5.32 Å². The molecule has 0 spiro atoms. The van der Waals surface area contributed by atoms with E-state index in [9.17, 15) is 0 Å². The summed E-state index contributed by atoms with van der Waals surface area (Å²) in [6.45, 7) is 7.11. The maximum Gasteiger partial charge on any atom is 0.0939 e. The highest BCUT2D eigenvalue weighted by atomic mass is 32.1. The molecular formula is C8H18N2S2. The Morgan fingerprint density at radius 2 is 2.25 bits per heavy atom. The largest absolute Gasteiger partial charge is 0.372 e. The number of rotatable bonds is 2. The van der Waals surface area contributed by atoms with Crippen LogP contribution in [0, 0.1) is 0 Å². The molecule has 1 heterocycles. The Morgan fingerprint density at radius 3 is 2.75 bits per heavy atom. The zero-order chi connectivity index (χ0) is 9.40. The average Bonchev–Trinajstić information content (AvgIpc) is 2.13. The first-order chi connectivity index (χ1) is 5.84. The number of thiol groups is 2. The molecule has 1 saturated heterocycles. The SMILES string of the molecule is C=C1NCCCN1CCS.CS. The van der Waals surface area contributed by atoms with Gasteiger partial charge in [0.25, 0.3) is 0 Å². The topological polar surface area (TPSA) is 15.3 Å². The van der Waals surface area contributed by atoms with E-state index in [0.717, 1.165) is 31.2 Å². The van der Waals surface area contributed by atoms with Crippen LogP contribution in [0.1, 0.15) is 6.42 Å². The molecule has 0 aromatic rings. The Morgan fingerprint density at radius 1 is 1.58 bits per heavy atom. The lowest BCUT2D eigenvalue weighted by atomic mass is 10.3. The molecule has 1 rings (SSSR count). The van der Waals surface area contributed by atoms with Crippen LogP contribution in [0.3, 0.4) is 0 Å². The Labute approximate surface area is 86.2 Å². The van der Waals surface area contributed by atoms with Crippen molar-refractivity contribution < 1.29 is 0 Å². The Kier molecular flexibility index (Phi) is 7.70. The zero-order valence-corrected chi connectivity index (χ0v) is 9.37. The minimum Gasteiger partial charge on any atom is -0.372 e. The minimum atomic E-state index is 0.903. The lowest BCUT2D eigenvalue weighted by Crippen LogP contribution is -2.39. The summed E-state index contributed by atoms with van der Waals surface area (Å²) in [5, 5.41) is 3.21. The molecule has 0 aromatic carbocycles. The average molecular weight is 206 g/mol. The van der Waals surface area contributed by atoms with Crippen LogP contribution in [0.25, 0.3) is 0 Å². The number of nitrogens with zero attached hydrogens (tertiary/aromatic N) is 1. The van der Waals surface area contributed by atoms with Gasteiger partial charge in [0.2, 0.25) is 0 Å². The molecule has 12 heavy (non-hydrogen) atoms. The maximum atomic E-state index is 4.16. The number of nitrogens with one attached hydrogen (secondary N) is 1. The highest BCUT2D eigenvalue weighted by Crippen LogP contribution is 2.04. The van der Waals surface area contributed by atoms with E-state index < -0.39 is 0 Å². The Bertz CT molecular complexity index is 126. The maximum absolute atomic E-state index is 4.16. The van der Waals surface area contributed by atoms with Crippen LogP contribution >= 0.6 is 25.3 Å².